The smallest absolute Gasteiger partial charge is 0.408 e. The number of aryl methyl sites for hydroxylation is 1. The van der Waals surface area contributed by atoms with E-state index in [1.54, 1.807) is 0 Å². The molecule has 2 heterocycles. The van der Waals surface area contributed by atoms with Gasteiger partial charge in [0.15, 0.2) is 11.5 Å². The molecule has 3 aliphatic carbocycles. The number of allylic oxidation sites excluding steroid dienone is 4. The molecule has 0 amide bonds. The van der Waals surface area contributed by atoms with E-state index in [2.05, 4.69) is 214 Å². The second-order valence-electron chi connectivity index (χ2n) is 30.7. The van der Waals surface area contributed by atoms with Crippen LogP contribution in [-0.4, -0.2) is 11.9 Å². The van der Waals surface area contributed by atoms with Gasteiger partial charge in [-0.25, -0.2) is 0 Å². The molecule has 0 N–H and O–H groups in total. The summed E-state index contributed by atoms with van der Waals surface area (Å²) in [7, 11) is -4.24. The van der Waals surface area contributed by atoms with Gasteiger partial charge in [-0.3, -0.25) is 9.32 Å². The Kier molecular flexibility index (Phi) is 14.8. The van der Waals surface area contributed by atoms with Crippen molar-refractivity contribution in [3.63, 3.8) is 0 Å². The molecule has 1 aromatic heterocycles. The molecule has 9 heteroatoms. The Morgan fingerprint density at radius 1 is 0.667 bits per heavy atom. The molecule has 0 saturated heterocycles. The maximum absolute atomic E-state index is 13.9. The quantitative estimate of drug-likeness (QED) is 0.157. The summed E-state index contributed by atoms with van der Waals surface area (Å²) in [6.07, 6.45) is 9.70. The second kappa shape index (κ2) is 19.9. The van der Waals surface area contributed by atoms with E-state index in [4.69, 9.17) is 26.5 Å². The molecule has 9 rings (SSSR count). The summed E-state index contributed by atoms with van der Waals surface area (Å²) in [6, 6.07) is 17.6. The van der Waals surface area contributed by atoms with E-state index < -0.39 is 28.4 Å². The van der Waals surface area contributed by atoms with E-state index in [1.165, 1.54) is 27.8 Å². The lowest BCUT2D eigenvalue weighted by atomic mass is 9.67. The SMILES string of the molecule is CC(C)C1C=C(C(C)(C)C)c2op(OC3C(c4cc(C(C)(C)C)cc(C(C)(C)C)c4OP4Oc5cccc6cc7c(c(c56)O4)C(=O)CCC7)=CC(C(C)(C)C)=CC3C(C)(C)C)oc3c(C(C)(C)C)cc(C(C)(C)C)cc3c2C1. The van der Waals surface area contributed by atoms with Crippen LogP contribution < -0.4 is 18.1 Å². The number of hydrogen-bond donors (Lipinski definition) is 0. The summed E-state index contributed by atoms with van der Waals surface area (Å²) < 4.78 is 44.5. The minimum Gasteiger partial charge on any atom is -0.408 e. The van der Waals surface area contributed by atoms with E-state index >= 15 is 0 Å². The summed E-state index contributed by atoms with van der Waals surface area (Å²) in [6.45, 7) is 52.8. The van der Waals surface area contributed by atoms with Crippen LogP contribution in [0.25, 0.3) is 32.9 Å². The number of fused-ring (bicyclic) bond motifs is 5. The van der Waals surface area contributed by atoms with Crippen LogP contribution in [0.1, 0.15) is 227 Å². The molecular formula is C69H92O7P2. The predicted octanol–water partition coefficient (Wildman–Crippen LogP) is 20.9. The van der Waals surface area contributed by atoms with E-state index in [0.717, 1.165) is 74.6 Å². The maximum atomic E-state index is 13.9. The first kappa shape index (κ1) is 58.1. The van der Waals surface area contributed by atoms with E-state index in [1.807, 2.05) is 12.1 Å². The van der Waals surface area contributed by atoms with Crippen LogP contribution in [0.4, 0.5) is 0 Å². The number of benzene rings is 4. The normalized spacial score (nSPS) is 20.6. The number of hydrogen-bond acceptors (Lipinski definition) is 7. The highest BCUT2D eigenvalue weighted by atomic mass is 31.2. The average molecular weight is 1100 g/mol. The molecule has 78 heavy (non-hydrogen) atoms. The summed E-state index contributed by atoms with van der Waals surface area (Å²) in [5, 5.41) is 2.93. The summed E-state index contributed by atoms with van der Waals surface area (Å²) in [5.74, 6) is 3.48. The van der Waals surface area contributed by atoms with Crippen LogP contribution in [0.3, 0.4) is 0 Å². The summed E-state index contributed by atoms with van der Waals surface area (Å²) >= 11 is 0. The predicted molar refractivity (Wildman–Crippen MR) is 328 cm³/mol. The van der Waals surface area contributed by atoms with Gasteiger partial charge >= 0.3 is 16.8 Å². The molecule has 4 aliphatic rings. The van der Waals surface area contributed by atoms with Crippen molar-refractivity contribution in [2.45, 2.75) is 213 Å². The topological polar surface area (TPSA) is 80.3 Å². The highest BCUT2D eigenvalue weighted by Gasteiger charge is 2.44. The van der Waals surface area contributed by atoms with Crippen LogP contribution in [0.15, 0.2) is 80.7 Å². The third kappa shape index (κ3) is 11.3. The Labute approximate surface area is 471 Å². The van der Waals surface area contributed by atoms with Gasteiger partial charge in [-0.1, -0.05) is 208 Å². The second-order valence-corrected chi connectivity index (χ2v) is 32.7. The van der Waals surface area contributed by atoms with Gasteiger partial charge in [-0.15, -0.1) is 0 Å². The molecule has 1 aliphatic heterocycles. The van der Waals surface area contributed by atoms with Crippen molar-refractivity contribution in [3.05, 3.63) is 123 Å². The van der Waals surface area contributed by atoms with Gasteiger partial charge in [-0.05, 0) is 126 Å². The lowest BCUT2D eigenvalue weighted by molar-refractivity contribution is 0.0970. The first-order valence-electron chi connectivity index (χ1n) is 28.9. The third-order valence-electron chi connectivity index (χ3n) is 16.7. The largest absolute Gasteiger partial charge is 0.530 e. The van der Waals surface area contributed by atoms with E-state index in [-0.39, 0.29) is 44.2 Å². The van der Waals surface area contributed by atoms with Crippen molar-refractivity contribution in [1.29, 1.82) is 0 Å². The Morgan fingerprint density at radius 3 is 1.90 bits per heavy atom. The molecule has 7 nitrogen and oxygen atoms in total. The lowest BCUT2D eigenvalue weighted by Gasteiger charge is -2.41. The minimum absolute atomic E-state index is 0.102. The summed E-state index contributed by atoms with van der Waals surface area (Å²) in [5.41, 5.74) is 10.8. The van der Waals surface area contributed by atoms with Gasteiger partial charge in [0.05, 0.1) is 10.9 Å². The fourth-order valence-electron chi connectivity index (χ4n) is 11.6. The lowest BCUT2D eigenvalue weighted by Crippen LogP contribution is -2.38. The molecule has 0 saturated carbocycles. The standard InChI is InChI=1S/C69H92O7P2/c1-39(2)42-31-46-47-33-43(63(3,4)5)36-51(67(15,16)17)59(47)74-78(73-58(46)50(32-42)66(12,13)14)75-61-49(35-45(65(9,10)11)38-53(61)69(21,22)23)48-34-44(64(6,7)8)37-52(68(18,19)20)60(48)72-77-71-55-29-25-27-41-30-40-26-24-28-54(70)56(40)62(76-77)57(41)55/h25,27,29-30,32-39,42,53,61H,24,26,28,31H2,1-23H3. The Morgan fingerprint density at radius 2 is 1.31 bits per heavy atom. The van der Waals surface area contributed by atoms with Crippen molar-refractivity contribution < 1.29 is 31.3 Å². The molecule has 5 aromatic rings. The van der Waals surface area contributed by atoms with Crippen molar-refractivity contribution in [1.82, 2.24) is 0 Å². The van der Waals surface area contributed by atoms with Gasteiger partial charge in [-0.2, -0.15) is 0 Å². The number of carbonyl (C=O) groups excluding carboxylic acids is 1. The highest BCUT2D eigenvalue weighted by Crippen LogP contribution is 2.59. The zero-order valence-electron chi connectivity index (χ0n) is 51.7. The molecule has 0 fully saturated rings. The average Bonchev–Trinajstić information content (AvgIpc) is 3.68. The Hall–Kier alpha value is -4.54. The first-order chi connectivity index (χ1) is 35.8. The summed E-state index contributed by atoms with van der Waals surface area (Å²) in [4.78, 5) is 13.9. The first-order valence-corrected chi connectivity index (χ1v) is 31.1. The minimum atomic E-state index is -2.12. The van der Waals surface area contributed by atoms with Crippen LogP contribution in [0, 0.1) is 34.0 Å². The van der Waals surface area contributed by atoms with Crippen LogP contribution >= 0.6 is 16.8 Å². The van der Waals surface area contributed by atoms with Crippen LogP contribution in [0.2, 0.25) is 0 Å². The van der Waals surface area contributed by atoms with Gasteiger partial charge in [0, 0.05) is 40.0 Å². The number of rotatable bonds is 6. The fourth-order valence-corrected chi connectivity index (χ4v) is 14.0. The van der Waals surface area contributed by atoms with E-state index in [0.29, 0.717) is 41.1 Å². The number of Topliss-reactive ketones (excluding diaryl/α,β-unsaturated/α-hetero) is 1. The number of ketones is 1. The van der Waals surface area contributed by atoms with Gasteiger partial charge in [0.1, 0.15) is 28.9 Å². The van der Waals surface area contributed by atoms with E-state index in [9.17, 15) is 4.79 Å². The zero-order valence-corrected chi connectivity index (χ0v) is 53.5. The Balaban J connectivity index is 1.34. The molecular weight excluding hydrogens is 1000 g/mol. The van der Waals surface area contributed by atoms with Crippen LogP contribution in [-0.2, 0) is 34.5 Å². The Bertz CT molecular complexity index is 3350. The zero-order chi connectivity index (χ0) is 57.4. The number of carbonyl (C=O) groups is 1. The van der Waals surface area contributed by atoms with Gasteiger partial charge in [0.25, 0.3) is 0 Å². The van der Waals surface area contributed by atoms with Gasteiger partial charge < -0.3 is 22.0 Å². The van der Waals surface area contributed by atoms with Crippen molar-refractivity contribution >= 4 is 55.5 Å². The van der Waals surface area contributed by atoms with Crippen LogP contribution in [0.5, 0.6) is 17.2 Å². The maximum Gasteiger partial charge on any atom is 0.530 e. The molecule has 0 bridgehead atoms. The fraction of sp³-hybridized carbons (Fsp3) is 0.551. The van der Waals surface area contributed by atoms with Crippen molar-refractivity contribution in [2.24, 2.45) is 34.0 Å². The highest BCUT2D eigenvalue weighted by molar-refractivity contribution is 7.43. The monoisotopic (exact) mass is 1090 g/mol. The molecule has 5 atom stereocenters. The molecule has 5 unspecified atom stereocenters. The van der Waals surface area contributed by atoms with Crippen molar-refractivity contribution in [2.75, 3.05) is 0 Å². The molecule has 0 radical (unpaired) electrons. The molecule has 420 valence electrons. The van der Waals surface area contributed by atoms with Crippen molar-refractivity contribution in [3.8, 4) is 17.2 Å². The third-order valence-corrected chi connectivity index (χ3v) is 18.7. The van der Waals surface area contributed by atoms with Gasteiger partial charge in [0.2, 0.25) is 0 Å². The molecule has 0 spiro atoms. The molecule has 4 aromatic carbocycles.